The third kappa shape index (κ3) is 4.35. The van der Waals surface area contributed by atoms with E-state index < -0.39 is 16.0 Å². The SMILES string of the molecule is COC(=O)c1cc(C[NH+]2CCN(S(=O)(=O)c3ccc(Cl)cc3)CC2)oc1C. The zero-order chi connectivity index (χ0) is 19.6. The molecule has 2 heterocycles. The first-order valence-corrected chi connectivity index (χ1v) is 10.4. The quantitative estimate of drug-likeness (QED) is 0.743. The third-order valence-electron chi connectivity index (χ3n) is 4.68. The number of nitrogens with zero attached hydrogens (tertiary/aromatic N) is 1. The van der Waals surface area contributed by atoms with Gasteiger partial charge in [0, 0.05) is 11.1 Å². The van der Waals surface area contributed by atoms with Crippen LogP contribution >= 0.6 is 11.6 Å². The molecule has 1 aromatic heterocycles. The van der Waals surface area contributed by atoms with Crippen LogP contribution in [0.25, 0.3) is 0 Å². The highest BCUT2D eigenvalue weighted by Crippen LogP contribution is 2.19. The molecule has 27 heavy (non-hydrogen) atoms. The molecule has 1 saturated heterocycles. The molecule has 0 bridgehead atoms. The van der Waals surface area contributed by atoms with Gasteiger partial charge in [0.1, 0.15) is 17.9 Å². The molecule has 1 aromatic carbocycles. The topological polar surface area (TPSA) is 81.3 Å². The molecule has 2 aromatic rings. The van der Waals surface area contributed by atoms with E-state index in [4.69, 9.17) is 20.8 Å². The van der Waals surface area contributed by atoms with Crippen LogP contribution in [0.1, 0.15) is 21.9 Å². The van der Waals surface area contributed by atoms with E-state index >= 15 is 0 Å². The maximum atomic E-state index is 12.7. The summed E-state index contributed by atoms with van der Waals surface area (Å²) in [5.41, 5.74) is 0.427. The zero-order valence-electron chi connectivity index (χ0n) is 15.2. The number of sulfonamides is 1. The van der Waals surface area contributed by atoms with Gasteiger partial charge in [0.2, 0.25) is 10.0 Å². The standard InChI is InChI=1S/C18H21ClN2O5S/c1-13-17(18(22)25-2)11-15(26-13)12-20-7-9-21(10-8-20)27(23,24)16-5-3-14(19)4-6-16/h3-6,11H,7-10,12H2,1-2H3/p+1. The largest absolute Gasteiger partial charge is 0.465 e. The van der Waals surface area contributed by atoms with Crippen molar-refractivity contribution in [2.24, 2.45) is 0 Å². The van der Waals surface area contributed by atoms with Crippen LogP contribution in [0.2, 0.25) is 5.02 Å². The van der Waals surface area contributed by atoms with Gasteiger partial charge >= 0.3 is 5.97 Å². The Kier molecular flexibility index (Phi) is 5.90. The van der Waals surface area contributed by atoms with Gasteiger partial charge in [0.05, 0.1) is 38.2 Å². The highest BCUT2D eigenvalue weighted by Gasteiger charge is 2.31. The monoisotopic (exact) mass is 413 g/mol. The number of benzene rings is 1. The molecule has 0 unspecified atom stereocenters. The van der Waals surface area contributed by atoms with Crippen molar-refractivity contribution in [1.82, 2.24) is 4.31 Å². The molecule has 7 nitrogen and oxygen atoms in total. The molecule has 0 amide bonds. The average Bonchev–Trinajstić information content (AvgIpc) is 3.02. The number of hydrogen-bond acceptors (Lipinski definition) is 5. The Morgan fingerprint density at radius 1 is 1.26 bits per heavy atom. The van der Waals surface area contributed by atoms with E-state index in [1.807, 2.05) is 0 Å². The number of rotatable bonds is 5. The predicted octanol–water partition coefficient (Wildman–Crippen LogP) is 1.12. The number of hydrogen-bond donors (Lipinski definition) is 1. The van der Waals surface area contributed by atoms with Crippen molar-refractivity contribution >= 4 is 27.6 Å². The van der Waals surface area contributed by atoms with Gasteiger partial charge in [-0.05, 0) is 31.2 Å². The van der Waals surface area contributed by atoms with Crippen LogP contribution in [0.4, 0.5) is 0 Å². The summed E-state index contributed by atoms with van der Waals surface area (Å²) in [6.07, 6.45) is 0. The molecule has 9 heteroatoms. The van der Waals surface area contributed by atoms with Crippen molar-refractivity contribution in [2.75, 3.05) is 33.3 Å². The lowest BCUT2D eigenvalue weighted by Gasteiger charge is -2.31. The fourth-order valence-electron chi connectivity index (χ4n) is 3.17. The van der Waals surface area contributed by atoms with Crippen molar-refractivity contribution in [3.8, 4) is 0 Å². The summed E-state index contributed by atoms with van der Waals surface area (Å²) in [6.45, 7) is 4.46. The maximum Gasteiger partial charge on any atom is 0.341 e. The van der Waals surface area contributed by atoms with E-state index in [9.17, 15) is 13.2 Å². The van der Waals surface area contributed by atoms with E-state index in [2.05, 4.69) is 0 Å². The molecule has 0 aliphatic carbocycles. The lowest BCUT2D eigenvalue weighted by Crippen LogP contribution is -3.13. The first-order chi connectivity index (χ1) is 12.8. The lowest BCUT2D eigenvalue weighted by atomic mass is 10.2. The van der Waals surface area contributed by atoms with E-state index in [1.165, 1.54) is 28.4 Å². The normalized spacial score (nSPS) is 16.4. The number of esters is 1. The van der Waals surface area contributed by atoms with Gasteiger partial charge in [-0.3, -0.25) is 0 Å². The van der Waals surface area contributed by atoms with Crippen LogP contribution in [0.15, 0.2) is 39.6 Å². The summed E-state index contributed by atoms with van der Waals surface area (Å²) in [5.74, 6) is 0.800. The molecule has 1 aliphatic rings. The minimum Gasteiger partial charge on any atom is -0.465 e. The molecule has 3 rings (SSSR count). The van der Waals surface area contributed by atoms with Gasteiger partial charge < -0.3 is 14.1 Å². The first kappa shape index (κ1) is 19.9. The molecule has 1 fully saturated rings. The summed E-state index contributed by atoms with van der Waals surface area (Å²) in [7, 11) is -2.18. The number of furan rings is 1. The molecular formula is C18H22ClN2O5S+. The number of aryl methyl sites for hydroxylation is 1. The van der Waals surface area contributed by atoms with Crippen molar-refractivity contribution in [3.63, 3.8) is 0 Å². The maximum absolute atomic E-state index is 12.7. The van der Waals surface area contributed by atoms with E-state index in [0.29, 0.717) is 54.8 Å². The minimum absolute atomic E-state index is 0.250. The Morgan fingerprint density at radius 2 is 1.89 bits per heavy atom. The Hall–Kier alpha value is -1.87. The summed E-state index contributed by atoms with van der Waals surface area (Å²) >= 11 is 5.84. The number of nitrogens with one attached hydrogen (secondary N) is 1. The van der Waals surface area contributed by atoms with Crippen molar-refractivity contribution < 1.29 is 27.3 Å². The summed E-state index contributed by atoms with van der Waals surface area (Å²) in [4.78, 5) is 13.1. The molecule has 1 aliphatic heterocycles. The third-order valence-corrected chi connectivity index (χ3v) is 6.84. The van der Waals surface area contributed by atoms with E-state index in [0.717, 1.165) is 0 Å². The zero-order valence-corrected chi connectivity index (χ0v) is 16.8. The number of ether oxygens (including phenoxy) is 1. The van der Waals surface area contributed by atoms with Gasteiger partial charge in [-0.1, -0.05) is 11.6 Å². The Bertz CT molecular complexity index is 916. The summed E-state index contributed by atoms with van der Waals surface area (Å²) < 4.78 is 37.3. The fraction of sp³-hybridized carbons (Fsp3) is 0.389. The molecule has 146 valence electrons. The van der Waals surface area contributed by atoms with Gasteiger partial charge in [0.15, 0.2) is 5.76 Å². The fourth-order valence-corrected chi connectivity index (χ4v) is 4.73. The smallest absolute Gasteiger partial charge is 0.341 e. The van der Waals surface area contributed by atoms with Gasteiger partial charge in [-0.25, -0.2) is 13.2 Å². The summed E-state index contributed by atoms with van der Waals surface area (Å²) in [5, 5.41) is 0.503. The molecular weight excluding hydrogens is 392 g/mol. The minimum atomic E-state index is -3.52. The highest BCUT2D eigenvalue weighted by molar-refractivity contribution is 7.89. The Balaban J connectivity index is 1.62. The van der Waals surface area contributed by atoms with Crippen molar-refractivity contribution in [3.05, 3.63) is 52.4 Å². The van der Waals surface area contributed by atoms with Crippen LogP contribution in [0.5, 0.6) is 0 Å². The predicted molar refractivity (Wildman–Crippen MR) is 99.4 cm³/mol. The van der Waals surface area contributed by atoms with Crippen LogP contribution < -0.4 is 4.90 Å². The number of piperazine rings is 1. The van der Waals surface area contributed by atoms with E-state index in [-0.39, 0.29) is 4.90 Å². The van der Waals surface area contributed by atoms with Crippen LogP contribution in [0.3, 0.4) is 0 Å². The second-order valence-electron chi connectivity index (χ2n) is 6.46. The molecule has 1 N–H and O–H groups in total. The van der Waals surface area contributed by atoms with Crippen LogP contribution in [-0.2, 0) is 21.3 Å². The number of carbonyl (C=O) groups is 1. The van der Waals surface area contributed by atoms with Crippen LogP contribution in [0, 0.1) is 6.92 Å². The van der Waals surface area contributed by atoms with Gasteiger partial charge in [-0.2, -0.15) is 4.31 Å². The second-order valence-corrected chi connectivity index (χ2v) is 8.83. The highest BCUT2D eigenvalue weighted by atomic mass is 35.5. The molecule has 0 radical (unpaired) electrons. The first-order valence-electron chi connectivity index (χ1n) is 8.58. The van der Waals surface area contributed by atoms with Gasteiger partial charge in [0.25, 0.3) is 0 Å². The Morgan fingerprint density at radius 3 is 2.48 bits per heavy atom. The molecule has 0 saturated carbocycles. The number of quaternary nitrogens is 1. The van der Waals surface area contributed by atoms with Crippen molar-refractivity contribution in [2.45, 2.75) is 18.4 Å². The van der Waals surface area contributed by atoms with Crippen LogP contribution in [-0.4, -0.2) is 52.0 Å². The van der Waals surface area contributed by atoms with E-state index in [1.54, 1.807) is 25.1 Å². The summed E-state index contributed by atoms with van der Waals surface area (Å²) in [6, 6.07) is 7.90. The van der Waals surface area contributed by atoms with Crippen molar-refractivity contribution in [1.29, 1.82) is 0 Å². The average molecular weight is 414 g/mol. The molecule has 0 atom stereocenters. The van der Waals surface area contributed by atoms with Gasteiger partial charge in [-0.15, -0.1) is 0 Å². The number of methoxy groups -OCH3 is 1. The number of halogens is 1. The lowest BCUT2D eigenvalue weighted by molar-refractivity contribution is -0.918. The molecule has 0 spiro atoms. The number of carbonyl (C=O) groups excluding carboxylic acids is 1. The second kappa shape index (κ2) is 8.02. The Labute approximate surface area is 163 Å².